The van der Waals surface area contributed by atoms with Crippen LogP contribution >= 0.6 is 0 Å². The van der Waals surface area contributed by atoms with Gasteiger partial charge in [-0.3, -0.25) is 0 Å². The fraction of sp³-hybridized carbons (Fsp3) is 0.250. The largest absolute Gasteiger partial charge is 0.454 e. The fourth-order valence-electron chi connectivity index (χ4n) is 2.35. The Kier molecular flexibility index (Phi) is 3.74. The summed E-state index contributed by atoms with van der Waals surface area (Å²) >= 11 is 0. The Hall–Kier alpha value is -2.20. The van der Waals surface area contributed by atoms with Gasteiger partial charge in [0.1, 0.15) is 0 Å². The van der Waals surface area contributed by atoms with Gasteiger partial charge in [0.2, 0.25) is 6.79 Å². The molecular weight excluding hydrogens is 252 g/mol. The highest BCUT2D eigenvalue weighted by Gasteiger charge is 2.14. The number of hydrogen-bond donors (Lipinski definition) is 1. The van der Waals surface area contributed by atoms with Gasteiger partial charge in [0.25, 0.3) is 0 Å². The molecule has 1 heterocycles. The molecule has 2 N–H and O–H groups in total. The molecule has 3 rings (SSSR count). The van der Waals surface area contributed by atoms with Crippen molar-refractivity contribution in [3.63, 3.8) is 0 Å². The van der Waals surface area contributed by atoms with E-state index in [4.69, 9.17) is 15.2 Å². The highest BCUT2D eigenvalue weighted by Crippen LogP contribution is 2.33. The number of fused-ring (bicyclic) bond motifs is 1. The van der Waals surface area contributed by atoms with Gasteiger partial charge in [-0.2, -0.15) is 0 Å². The molecule has 0 fully saturated rings. The molecule has 0 aliphatic carbocycles. The second kappa shape index (κ2) is 5.84. The van der Waals surface area contributed by atoms with Crippen LogP contribution in [-0.2, 0) is 6.54 Å². The summed E-state index contributed by atoms with van der Waals surface area (Å²) in [5.74, 6) is 1.64. The van der Waals surface area contributed by atoms with Crippen LogP contribution < -0.4 is 20.1 Å². The predicted molar refractivity (Wildman–Crippen MR) is 79.1 cm³/mol. The first kappa shape index (κ1) is 12.8. The zero-order valence-corrected chi connectivity index (χ0v) is 11.3. The van der Waals surface area contributed by atoms with Crippen molar-refractivity contribution < 1.29 is 9.47 Å². The van der Waals surface area contributed by atoms with Gasteiger partial charge in [-0.05, 0) is 29.8 Å². The molecule has 20 heavy (non-hydrogen) atoms. The molecule has 0 amide bonds. The van der Waals surface area contributed by atoms with Crippen molar-refractivity contribution >= 4 is 5.69 Å². The van der Waals surface area contributed by atoms with Gasteiger partial charge >= 0.3 is 0 Å². The van der Waals surface area contributed by atoms with Crippen LogP contribution in [0.2, 0.25) is 0 Å². The van der Waals surface area contributed by atoms with Crippen molar-refractivity contribution in [3.05, 3.63) is 54.1 Å². The van der Waals surface area contributed by atoms with Gasteiger partial charge in [-0.15, -0.1) is 0 Å². The smallest absolute Gasteiger partial charge is 0.231 e. The summed E-state index contributed by atoms with van der Waals surface area (Å²) in [6.07, 6.45) is 0. The van der Waals surface area contributed by atoms with Crippen LogP contribution in [0.5, 0.6) is 11.5 Å². The van der Waals surface area contributed by atoms with E-state index in [-0.39, 0.29) is 0 Å². The van der Waals surface area contributed by atoms with Crippen molar-refractivity contribution in [2.75, 3.05) is 24.8 Å². The van der Waals surface area contributed by atoms with Crippen molar-refractivity contribution in [3.8, 4) is 11.5 Å². The van der Waals surface area contributed by atoms with Crippen LogP contribution in [0, 0.1) is 0 Å². The molecule has 0 aromatic heterocycles. The summed E-state index contributed by atoms with van der Waals surface area (Å²) in [5, 5.41) is 0. The summed E-state index contributed by atoms with van der Waals surface area (Å²) in [7, 11) is 0. The third kappa shape index (κ3) is 2.70. The second-order valence-electron chi connectivity index (χ2n) is 4.73. The summed E-state index contributed by atoms with van der Waals surface area (Å²) in [5.41, 5.74) is 8.09. The molecule has 2 aromatic carbocycles. The highest BCUT2D eigenvalue weighted by molar-refractivity contribution is 5.49. The van der Waals surface area contributed by atoms with E-state index < -0.39 is 0 Å². The van der Waals surface area contributed by atoms with E-state index in [1.807, 2.05) is 30.3 Å². The van der Waals surface area contributed by atoms with E-state index in [9.17, 15) is 0 Å². The fourth-order valence-corrected chi connectivity index (χ4v) is 2.35. The van der Waals surface area contributed by atoms with Crippen LogP contribution in [0.3, 0.4) is 0 Å². The van der Waals surface area contributed by atoms with Gasteiger partial charge in [0.15, 0.2) is 11.5 Å². The molecule has 0 bridgehead atoms. The van der Waals surface area contributed by atoms with Gasteiger partial charge < -0.3 is 20.1 Å². The zero-order valence-electron chi connectivity index (χ0n) is 11.3. The maximum absolute atomic E-state index is 5.72. The Morgan fingerprint density at radius 1 is 1.00 bits per heavy atom. The Morgan fingerprint density at radius 2 is 1.80 bits per heavy atom. The van der Waals surface area contributed by atoms with E-state index in [2.05, 4.69) is 23.1 Å². The molecule has 104 valence electrons. The first-order valence-electron chi connectivity index (χ1n) is 6.75. The molecular formula is C16H18N2O2. The molecule has 0 saturated heterocycles. The topological polar surface area (TPSA) is 47.7 Å². The van der Waals surface area contributed by atoms with Crippen LogP contribution in [0.4, 0.5) is 5.69 Å². The molecule has 2 aromatic rings. The van der Waals surface area contributed by atoms with Crippen molar-refractivity contribution in [1.29, 1.82) is 0 Å². The number of nitrogens with zero attached hydrogens (tertiary/aromatic N) is 1. The summed E-state index contributed by atoms with van der Waals surface area (Å²) < 4.78 is 10.8. The molecule has 4 heteroatoms. The Bertz CT molecular complexity index is 572. The van der Waals surface area contributed by atoms with Crippen LogP contribution in [0.1, 0.15) is 5.56 Å². The third-order valence-electron chi connectivity index (χ3n) is 3.33. The SMILES string of the molecule is NCCN(Cc1ccc2c(c1)OCO2)c1ccccc1. The van der Waals surface area contributed by atoms with E-state index in [1.54, 1.807) is 0 Å². The lowest BCUT2D eigenvalue weighted by atomic mass is 10.1. The lowest BCUT2D eigenvalue weighted by Gasteiger charge is -2.24. The van der Waals surface area contributed by atoms with E-state index in [0.29, 0.717) is 13.3 Å². The van der Waals surface area contributed by atoms with Gasteiger partial charge in [0, 0.05) is 25.3 Å². The molecule has 0 radical (unpaired) electrons. The first-order valence-corrected chi connectivity index (χ1v) is 6.75. The molecule has 0 spiro atoms. The van der Waals surface area contributed by atoms with Crippen LogP contribution in [0.25, 0.3) is 0 Å². The van der Waals surface area contributed by atoms with Crippen LogP contribution in [0.15, 0.2) is 48.5 Å². The minimum Gasteiger partial charge on any atom is -0.454 e. The number of para-hydroxylation sites is 1. The number of ether oxygens (including phenoxy) is 2. The standard InChI is InChI=1S/C16H18N2O2/c17-8-9-18(14-4-2-1-3-5-14)11-13-6-7-15-16(10-13)20-12-19-15/h1-7,10H,8-9,11-12,17H2. The zero-order chi connectivity index (χ0) is 13.8. The Morgan fingerprint density at radius 3 is 2.60 bits per heavy atom. The summed E-state index contributed by atoms with van der Waals surface area (Å²) in [4.78, 5) is 2.26. The van der Waals surface area contributed by atoms with Gasteiger partial charge in [-0.25, -0.2) is 0 Å². The number of rotatable bonds is 5. The van der Waals surface area contributed by atoms with Crippen molar-refractivity contribution in [1.82, 2.24) is 0 Å². The Labute approximate surface area is 118 Å². The maximum atomic E-state index is 5.72. The second-order valence-corrected chi connectivity index (χ2v) is 4.73. The normalized spacial score (nSPS) is 12.4. The number of nitrogens with two attached hydrogens (primary N) is 1. The minimum atomic E-state index is 0.310. The van der Waals surface area contributed by atoms with E-state index in [0.717, 1.165) is 24.6 Å². The molecule has 1 aliphatic rings. The molecule has 0 atom stereocenters. The lowest BCUT2D eigenvalue weighted by molar-refractivity contribution is 0.174. The monoisotopic (exact) mass is 270 g/mol. The van der Waals surface area contributed by atoms with Crippen molar-refractivity contribution in [2.24, 2.45) is 5.73 Å². The Balaban J connectivity index is 1.80. The molecule has 0 unspecified atom stereocenters. The minimum absolute atomic E-state index is 0.310. The predicted octanol–water partition coefficient (Wildman–Crippen LogP) is 2.38. The summed E-state index contributed by atoms with van der Waals surface area (Å²) in [6, 6.07) is 16.4. The van der Waals surface area contributed by atoms with E-state index in [1.165, 1.54) is 11.3 Å². The average Bonchev–Trinajstić information content (AvgIpc) is 2.95. The number of benzene rings is 2. The first-order chi connectivity index (χ1) is 9.86. The molecule has 0 saturated carbocycles. The van der Waals surface area contributed by atoms with Crippen molar-refractivity contribution in [2.45, 2.75) is 6.54 Å². The highest BCUT2D eigenvalue weighted by atomic mass is 16.7. The average molecular weight is 270 g/mol. The van der Waals surface area contributed by atoms with Gasteiger partial charge in [-0.1, -0.05) is 24.3 Å². The third-order valence-corrected chi connectivity index (χ3v) is 3.33. The lowest BCUT2D eigenvalue weighted by Crippen LogP contribution is -2.28. The number of anilines is 1. The molecule has 4 nitrogen and oxygen atoms in total. The maximum Gasteiger partial charge on any atom is 0.231 e. The quantitative estimate of drug-likeness (QED) is 0.906. The molecule has 1 aliphatic heterocycles. The van der Waals surface area contributed by atoms with Crippen LogP contribution in [-0.4, -0.2) is 19.9 Å². The van der Waals surface area contributed by atoms with Gasteiger partial charge in [0.05, 0.1) is 0 Å². The summed E-state index contributed by atoms with van der Waals surface area (Å²) in [6.45, 7) is 2.56. The number of hydrogen-bond acceptors (Lipinski definition) is 4. The van der Waals surface area contributed by atoms with E-state index >= 15 is 0 Å².